The predicted octanol–water partition coefficient (Wildman–Crippen LogP) is 6.40. The number of nitriles is 1. The van der Waals surface area contributed by atoms with Gasteiger partial charge in [-0.2, -0.15) is 5.26 Å². The summed E-state index contributed by atoms with van der Waals surface area (Å²) in [4.78, 5) is 30.1. The second-order valence-electron chi connectivity index (χ2n) is 10.6. The molecule has 37 heavy (non-hydrogen) atoms. The fourth-order valence-electron chi connectivity index (χ4n) is 5.85. The molecule has 0 saturated carbocycles. The van der Waals surface area contributed by atoms with Crippen LogP contribution in [0.3, 0.4) is 0 Å². The van der Waals surface area contributed by atoms with Crippen LogP contribution in [-0.4, -0.2) is 18.4 Å². The Morgan fingerprint density at radius 1 is 1.24 bits per heavy atom. The van der Waals surface area contributed by atoms with Crippen LogP contribution in [0.15, 0.2) is 46.9 Å². The molecule has 2 N–H and O–H groups in total. The molecule has 0 radical (unpaired) electrons. The van der Waals surface area contributed by atoms with Crippen LogP contribution < -0.4 is 10.6 Å². The molecule has 3 aliphatic rings. The van der Waals surface area contributed by atoms with Gasteiger partial charge in [-0.05, 0) is 67.7 Å². The largest absolute Gasteiger partial charge is 0.462 e. The molecule has 0 fully saturated rings. The van der Waals surface area contributed by atoms with Crippen LogP contribution >= 0.6 is 22.9 Å². The molecule has 5 rings (SSSR count). The van der Waals surface area contributed by atoms with Crippen LogP contribution in [0, 0.1) is 16.7 Å². The van der Waals surface area contributed by atoms with E-state index in [2.05, 4.69) is 19.9 Å². The van der Waals surface area contributed by atoms with Gasteiger partial charge in [0.15, 0.2) is 5.78 Å². The van der Waals surface area contributed by atoms with Gasteiger partial charge in [0, 0.05) is 27.6 Å². The van der Waals surface area contributed by atoms with Crippen molar-refractivity contribution in [3.63, 3.8) is 0 Å². The summed E-state index contributed by atoms with van der Waals surface area (Å²) < 4.78 is 5.50. The molecule has 0 bridgehead atoms. The third-order valence-electron chi connectivity index (χ3n) is 7.42. The van der Waals surface area contributed by atoms with E-state index in [1.165, 1.54) is 11.3 Å². The monoisotopic (exact) mass is 535 g/mol. The number of nitrogens with zero attached hydrogens (tertiary/aromatic N) is 2. The summed E-state index contributed by atoms with van der Waals surface area (Å²) in [5.74, 6) is -0.712. The number of nitrogens with two attached hydrogens (primary N) is 1. The Labute approximate surface area is 226 Å². The van der Waals surface area contributed by atoms with E-state index in [-0.39, 0.29) is 29.6 Å². The molecule has 2 heterocycles. The van der Waals surface area contributed by atoms with Gasteiger partial charge in [-0.3, -0.25) is 9.69 Å². The molecule has 6 nitrogen and oxygen atoms in total. The van der Waals surface area contributed by atoms with E-state index >= 15 is 0 Å². The fourth-order valence-corrected chi connectivity index (χ4v) is 7.39. The third kappa shape index (κ3) is 4.36. The van der Waals surface area contributed by atoms with Crippen LogP contribution in [-0.2, 0) is 22.4 Å². The van der Waals surface area contributed by atoms with Gasteiger partial charge in [0.25, 0.3) is 0 Å². The first-order valence-corrected chi connectivity index (χ1v) is 13.9. The molecule has 0 amide bonds. The minimum absolute atomic E-state index is 0.00421. The molecule has 0 saturated heterocycles. The number of Topliss-reactive ketones (excluding diaryl/α,β-unsaturated/α-hetero) is 1. The lowest BCUT2D eigenvalue weighted by molar-refractivity contribution is -0.118. The Hall–Kier alpha value is -3.08. The van der Waals surface area contributed by atoms with Crippen LogP contribution in [0.5, 0.6) is 0 Å². The number of allylic oxidation sites excluding steroid dienone is 3. The van der Waals surface area contributed by atoms with Gasteiger partial charge in [-0.15, -0.1) is 11.3 Å². The summed E-state index contributed by atoms with van der Waals surface area (Å²) in [6.07, 6.45) is 4.70. The van der Waals surface area contributed by atoms with E-state index in [0.29, 0.717) is 39.6 Å². The minimum Gasteiger partial charge on any atom is -0.462 e. The van der Waals surface area contributed by atoms with E-state index in [4.69, 9.17) is 22.1 Å². The second-order valence-corrected chi connectivity index (χ2v) is 12.2. The average molecular weight is 536 g/mol. The normalized spacial score (nSPS) is 20.9. The Kier molecular flexibility index (Phi) is 6.68. The minimum atomic E-state index is -0.585. The maximum absolute atomic E-state index is 13.8. The molecule has 1 aromatic heterocycles. The smallest absolute Gasteiger partial charge is 0.341 e. The Morgan fingerprint density at radius 2 is 1.95 bits per heavy atom. The van der Waals surface area contributed by atoms with Crippen LogP contribution in [0.2, 0.25) is 5.02 Å². The highest BCUT2D eigenvalue weighted by Crippen LogP contribution is 2.53. The lowest BCUT2D eigenvalue weighted by atomic mass is 9.68. The number of carbonyl (C=O) groups excluding carboxylic acids is 2. The fraction of sp³-hybridized carbons (Fsp3) is 0.414. The van der Waals surface area contributed by atoms with E-state index in [0.717, 1.165) is 47.4 Å². The molecular weight excluding hydrogens is 506 g/mol. The lowest BCUT2D eigenvalue weighted by Crippen LogP contribution is -2.42. The Balaban J connectivity index is 1.79. The van der Waals surface area contributed by atoms with Crippen LogP contribution in [0.4, 0.5) is 5.00 Å². The van der Waals surface area contributed by atoms with Gasteiger partial charge in [-0.1, -0.05) is 37.6 Å². The summed E-state index contributed by atoms with van der Waals surface area (Å²) in [5, 5.41) is 11.6. The van der Waals surface area contributed by atoms with Gasteiger partial charge in [-0.25, -0.2) is 4.79 Å². The number of anilines is 1. The van der Waals surface area contributed by atoms with E-state index in [1.54, 1.807) is 19.1 Å². The maximum atomic E-state index is 13.8. The van der Waals surface area contributed by atoms with Crippen molar-refractivity contribution in [3.8, 4) is 6.07 Å². The Morgan fingerprint density at radius 3 is 2.62 bits per heavy atom. The number of thiophene rings is 1. The first kappa shape index (κ1) is 25.6. The summed E-state index contributed by atoms with van der Waals surface area (Å²) in [6, 6.07) is 9.52. The van der Waals surface area contributed by atoms with Crippen molar-refractivity contribution in [3.05, 3.63) is 73.5 Å². The molecule has 192 valence electrons. The van der Waals surface area contributed by atoms with Crippen molar-refractivity contribution in [1.29, 1.82) is 5.26 Å². The summed E-state index contributed by atoms with van der Waals surface area (Å²) in [6.45, 7) is 6.18. The number of ether oxygens (including phenoxy) is 1. The highest BCUT2D eigenvalue weighted by atomic mass is 35.5. The quantitative estimate of drug-likeness (QED) is 0.455. The summed E-state index contributed by atoms with van der Waals surface area (Å²) in [5.41, 5.74) is 10.5. The van der Waals surface area contributed by atoms with E-state index in [9.17, 15) is 14.9 Å². The topological polar surface area (TPSA) is 96.4 Å². The van der Waals surface area contributed by atoms with Crippen molar-refractivity contribution in [2.45, 2.75) is 65.2 Å². The average Bonchev–Trinajstić information content (AvgIpc) is 3.22. The molecule has 2 aromatic rings. The second kappa shape index (κ2) is 9.66. The number of hydrogen-bond acceptors (Lipinski definition) is 7. The van der Waals surface area contributed by atoms with Crippen molar-refractivity contribution in [1.82, 2.24) is 0 Å². The van der Waals surface area contributed by atoms with Crippen molar-refractivity contribution < 1.29 is 14.3 Å². The first-order chi connectivity index (χ1) is 17.7. The number of benzene rings is 1. The van der Waals surface area contributed by atoms with Gasteiger partial charge in [0.1, 0.15) is 10.8 Å². The molecule has 0 unspecified atom stereocenters. The number of fused-ring (bicyclic) bond motifs is 1. The van der Waals surface area contributed by atoms with Gasteiger partial charge >= 0.3 is 5.97 Å². The zero-order valence-corrected chi connectivity index (χ0v) is 22.9. The SMILES string of the molecule is CCOC(=O)c1c(N2C(N)=C(C#N)[C@@H](c3ccc(Cl)cc3)C3=C2CC(C)(C)CC3=O)sc2c1CCCC2. The standard InChI is InChI=1S/C29H30ClN3O3S/c1-4-36-28(35)24-18-7-5-6-8-22(18)37-27(24)33-20-13-29(2,3)14-21(34)25(20)23(19(15-31)26(33)32)16-9-11-17(30)12-10-16/h9-12,23H,4-8,13-14,32H2,1-3H3/t23-/m1/s1. The number of hydrogen-bond donors (Lipinski definition) is 1. The number of esters is 1. The summed E-state index contributed by atoms with van der Waals surface area (Å²) >= 11 is 7.68. The first-order valence-electron chi connectivity index (χ1n) is 12.7. The molecule has 8 heteroatoms. The number of halogens is 1. The number of rotatable bonds is 4. The lowest BCUT2D eigenvalue weighted by Gasteiger charge is -2.43. The molecule has 1 aliphatic heterocycles. The number of carbonyl (C=O) groups is 2. The third-order valence-corrected chi connectivity index (χ3v) is 8.95. The van der Waals surface area contributed by atoms with Gasteiger partial charge in [0.05, 0.1) is 29.7 Å². The highest BCUT2D eigenvalue weighted by Gasteiger charge is 2.46. The summed E-state index contributed by atoms with van der Waals surface area (Å²) in [7, 11) is 0. The van der Waals surface area contributed by atoms with Gasteiger partial charge < -0.3 is 10.5 Å². The van der Waals surface area contributed by atoms with Gasteiger partial charge in [0.2, 0.25) is 0 Å². The molecular formula is C29H30ClN3O3S. The number of ketones is 1. The zero-order chi connectivity index (χ0) is 26.5. The maximum Gasteiger partial charge on any atom is 0.341 e. The molecule has 2 aliphatic carbocycles. The van der Waals surface area contributed by atoms with Crippen molar-refractivity contribution >= 4 is 39.7 Å². The molecule has 0 spiro atoms. The van der Waals surface area contributed by atoms with Crippen LogP contribution in [0.25, 0.3) is 0 Å². The van der Waals surface area contributed by atoms with E-state index in [1.807, 2.05) is 17.0 Å². The van der Waals surface area contributed by atoms with Crippen molar-refractivity contribution in [2.24, 2.45) is 11.1 Å². The molecule has 1 aromatic carbocycles. The Bertz CT molecular complexity index is 1390. The van der Waals surface area contributed by atoms with Crippen molar-refractivity contribution in [2.75, 3.05) is 11.5 Å². The predicted molar refractivity (Wildman–Crippen MR) is 145 cm³/mol. The number of aryl methyl sites for hydroxylation is 1. The molecule has 1 atom stereocenters. The van der Waals surface area contributed by atoms with Crippen LogP contribution in [0.1, 0.15) is 78.7 Å². The zero-order valence-electron chi connectivity index (χ0n) is 21.3. The highest BCUT2D eigenvalue weighted by molar-refractivity contribution is 7.16. The van der Waals surface area contributed by atoms with E-state index < -0.39 is 5.92 Å².